The van der Waals surface area contributed by atoms with Crippen molar-refractivity contribution < 1.29 is 0 Å². The Morgan fingerprint density at radius 3 is 2.50 bits per heavy atom. The number of rotatable bonds is 1. The van der Waals surface area contributed by atoms with Gasteiger partial charge in [0.05, 0.1) is 0 Å². The van der Waals surface area contributed by atoms with Crippen LogP contribution in [0.25, 0.3) is 0 Å². The molecule has 1 aromatic carbocycles. The lowest BCUT2D eigenvalue weighted by Gasteiger charge is -1.97. The van der Waals surface area contributed by atoms with Crippen LogP contribution in [0.15, 0.2) is 24.3 Å². The van der Waals surface area contributed by atoms with E-state index in [0.717, 1.165) is 10.4 Å². The van der Waals surface area contributed by atoms with Crippen molar-refractivity contribution in [2.45, 2.75) is 13.8 Å². The van der Waals surface area contributed by atoms with Gasteiger partial charge < -0.3 is 0 Å². The summed E-state index contributed by atoms with van der Waals surface area (Å²) in [5.41, 5.74) is 2.43. The molecular weight excluding hydrogens is 140 g/mol. The van der Waals surface area contributed by atoms with Gasteiger partial charge in [-0.15, -0.1) is 0 Å². The summed E-state index contributed by atoms with van der Waals surface area (Å²) >= 11 is 5.02. The van der Waals surface area contributed by atoms with Crippen LogP contribution in [0.3, 0.4) is 0 Å². The number of thiocarbonyl (C=S) groups is 1. The Kier molecular flexibility index (Phi) is 2.17. The molecule has 0 N–H and O–H groups in total. The SMILES string of the molecule is CC(=S)c1cccc(C)c1. The van der Waals surface area contributed by atoms with Gasteiger partial charge in [-0.25, -0.2) is 0 Å². The van der Waals surface area contributed by atoms with Gasteiger partial charge in [-0.1, -0.05) is 42.0 Å². The van der Waals surface area contributed by atoms with Gasteiger partial charge in [-0.05, 0) is 19.4 Å². The maximum Gasteiger partial charge on any atom is 0.0193 e. The fraction of sp³-hybridized carbons (Fsp3) is 0.222. The Hall–Kier alpha value is -0.690. The van der Waals surface area contributed by atoms with Crippen LogP contribution >= 0.6 is 12.2 Å². The molecule has 0 aliphatic rings. The van der Waals surface area contributed by atoms with Crippen LogP contribution in [0.4, 0.5) is 0 Å². The molecule has 0 aliphatic carbocycles. The first-order chi connectivity index (χ1) is 4.70. The van der Waals surface area contributed by atoms with Gasteiger partial charge in [0, 0.05) is 4.86 Å². The summed E-state index contributed by atoms with van der Waals surface area (Å²) in [5, 5.41) is 0. The smallest absolute Gasteiger partial charge is 0.0193 e. The lowest BCUT2D eigenvalue weighted by atomic mass is 10.1. The Bertz CT molecular complexity index is 251. The van der Waals surface area contributed by atoms with Gasteiger partial charge in [-0.2, -0.15) is 0 Å². The van der Waals surface area contributed by atoms with Crippen molar-refractivity contribution in [3.8, 4) is 0 Å². The number of hydrogen-bond donors (Lipinski definition) is 0. The minimum absolute atomic E-state index is 0.962. The average molecular weight is 150 g/mol. The van der Waals surface area contributed by atoms with Crippen molar-refractivity contribution in [3.63, 3.8) is 0 Å². The summed E-state index contributed by atoms with van der Waals surface area (Å²) in [6.07, 6.45) is 0. The maximum absolute atomic E-state index is 5.02. The summed E-state index contributed by atoms with van der Waals surface area (Å²) in [6.45, 7) is 4.02. The predicted molar refractivity (Wildman–Crippen MR) is 48.6 cm³/mol. The summed E-state index contributed by atoms with van der Waals surface area (Å²) < 4.78 is 0. The first-order valence-electron chi connectivity index (χ1n) is 3.28. The molecule has 10 heavy (non-hydrogen) atoms. The summed E-state index contributed by atoms with van der Waals surface area (Å²) in [4.78, 5) is 0.962. The van der Waals surface area contributed by atoms with Gasteiger partial charge in [-0.3, -0.25) is 0 Å². The molecule has 0 radical (unpaired) electrons. The normalized spacial score (nSPS) is 9.40. The second-order valence-corrected chi connectivity index (χ2v) is 3.04. The van der Waals surface area contributed by atoms with Crippen LogP contribution in [-0.2, 0) is 0 Å². The van der Waals surface area contributed by atoms with E-state index in [1.54, 1.807) is 0 Å². The van der Waals surface area contributed by atoms with E-state index in [-0.39, 0.29) is 0 Å². The maximum atomic E-state index is 5.02. The molecule has 52 valence electrons. The highest BCUT2D eigenvalue weighted by atomic mass is 32.1. The van der Waals surface area contributed by atoms with E-state index < -0.39 is 0 Å². The van der Waals surface area contributed by atoms with Gasteiger partial charge in [0.15, 0.2) is 0 Å². The van der Waals surface area contributed by atoms with Crippen LogP contribution in [0.2, 0.25) is 0 Å². The quantitative estimate of drug-likeness (QED) is 0.438. The Balaban J connectivity index is 3.07. The van der Waals surface area contributed by atoms with E-state index in [4.69, 9.17) is 12.2 Å². The molecule has 1 aromatic rings. The van der Waals surface area contributed by atoms with E-state index >= 15 is 0 Å². The molecule has 0 amide bonds. The van der Waals surface area contributed by atoms with Gasteiger partial charge >= 0.3 is 0 Å². The second kappa shape index (κ2) is 2.93. The zero-order valence-corrected chi connectivity index (χ0v) is 7.03. The number of benzene rings is 1. The molecule has 0 atom stereocenters. The summed E-state index contributed by atoms with van der Waals surface area (Å²) in [5.74, 6) is 0. The molecule has 0 saturated heterocycles. The summed E-state index contributed by atoms with van der Waals surface area (Å²) in [6, 6.07) is 8.24. The molecule has 0 heterocycles. The molecule has 1 heteroatoms. The number of aryl methyl sites for hydroxylation is 1. The highest BCUT2D eigenvalue weighted by Gasteiger charge is 1.92. The van der Waals surface area contributed by atoms with E-state index in [2.05, 4.69) is 19.1 Å². The lowest BCUT2D eigenvalue weighted by Crippen LogP contribution is -1.89. The van der Waals surface area contributed by atoms with Gasteiger partial charge in [0.25, 0.3) is 0 Å². The van der Waals surface area contributed by atoms with Crippen molar-refractivity contribution in [2.75, 3.05) is 0 Å². The molecule has 0 fully saturated rings. The van der Waals surface area contributed by atoms with Crippen molar-refractivity contribution in [1.29, 1.82) is 0 Å². The average Bonchev–Trinajstić information content (AvgIpc) is 1.88. The van der Waals surface area contributed by atoms with Gasteiger partial charge in [0.2, 0.25) is 0 Å². The fourth-order valence-electron chi connectivity index (χ4n) is 0.864. The molecule has 0 aliphatic heterocycles. The lowest BCUT2D eigenvalue weighted by molar-refractivity contribution is 1.46. The first-order valence-corrected chi connectivity index (χ1v) is 3.68. The largest absolute Gasteiger partial charge is 0.0846 e. The molecule has 1 rings (SSSR count). The third-order valence-electron chi connectivity index (χ3n) is 1.42. The van der Waals surface area contributed by atoms with E-state index in [0.29, 0.717) is 0 Å². The van der Waals surface area contributed by atoms with Crippen LogP contribution in [-0.4, -0.2) is 4.86 Å². The Morgan fingerprint density at radius 1 is 1.40 bits per heavy atom. The Morgan fingerprint density at radius 2 is 2.10 bits per heavy atom. The molecule has 0 nitrogen and oxygen atoms in total. The van der Waals surface area contributed by atoms with Crippen LogP contribution in [0.5, 0.6) is 0 Å². The minimum atomic E-state index is 0.962. The minimum Gasteiger partial charge on any atom is -0.0846 e. The molecule has 0 bridgehead atoms. The topological polar surface area (TPSA) is 0 Å². The zero-order valence-electron chi connectivity index (χ0n) is 6.22. The molecule has 0 aromatic heterocycles. The third kappa shape index (κ3) is 1.64. The van der Waals surface area contributed by atoms with E-state index in [1.807, 2.05) is 19.1 Å². The molecule has 0 unspecified atom stereocenters. The highest BCUT2D eigenvalue weighted by molar-refractivity contribution is 7.80. The molecule has 0 saturated carbocycles. The molecular formula is C9H10S. The predicted octanol–water partition coefficient (Wildman–Crippen LogP) is 2.73. The van der Waals surface area contributed by atoms with Crippen LogP contribution in [0.1, 0.15) is 18.1 Å². The van der Waals surface area contributed by atoms with Crippen molar-refractivity contribution in [2.24, 2.45) is 0 Å². The fourth-order valence-corrected chi connectivity index (χ4v) is 0.991. The van der Waals surface area contributed by atoms with E-state index in [9.17, 15) is 0 Å². The first kappa shape index (κ1) is 7.42. The second-order valence-electron chi connectivity index (χ2n) is 2.43. The van der Waals surface area contributed by atoms with E-state index in [1.165, 1.54) is 5.56 Å². The Labute approximate surface area is 66.9 Å². The third-order valence-corrected chi connectivity index (χ3v) is 1.66. The summed E-state index contributed by atoms with van der Waals surface area (Å²) in [7, 11) is 0. The monoisotopic (exact) mass is 150 g/mol. The standard InChI is InChI=1S/C9H10S/c1-7-4-3-5-9(6-7)8(2)10/h3-6H,1-2H3. The zero-order chi connectivity index (χ0) is 7.56. The van der Waals surface area contributed by atoms with Crippen LogP contribution < -0.4 is 0 Å². The van der Waals surface area contributed by atoms with Crippen molar-refractivity contribution in [1.82, 2.24) is 0 Å². The molecule has 0 spiro atoms. The number of hydrogen-bond acceptors (Lipinski definition) is 1. The van der Waals surface area contributed by atoms with Crippen LogP contribution in [0, 0.1) is 6.92 Å². The highest BCUT2D eigenvalue weighted by Crippen LogP contribution is 2.04. The van der Waals surface area contributed by atoms with Crippen molar-refractivity contribution in [3.05, 3.63) is 35.4 Å². The van der Waals surface area contributed by atoms with Gasteiger partial charge in [0.1, 0.15) is 0 Å². The van der Waals surface area contributed by atoms with Crippen molar-refractivity contribution >= 4 is 17.1 Å².